The largest absolute Gasteiger partial charge is 0.486 e. The zero-order chi connectivity index (χ0) is 21.9. The van der Waals surface area contributed by atoms with Gasteiger partial charge in [-0.15, -0.1) is 0 Å². The lowest BCUT2D eigenvalue weighted by molar-refractivity contribution is -0.167. The fraction of sp³-hybridized carbons (Fsp3) is 0.417. The molecule has 2 N–H and O–H groups in total. The number of β-amino-alcohol motifs (C(OH)–C–C–N with tert-alkyl or cyclic N) is 1. The third-order valence-corrected chi connectivity index (χ3v) is 7.03. The molecule has 3 heterocycles. The first-order valence-corrected chi connectivity index (χ1v) is 10.6. The van der Waals surface area contributed by atoms with Crippen LogP contribution in [0.4, 0.5) is 0 Å². The molecule has 0 aliphatic carbocycles. The molecule has 0 unspecified atom stereocenters. The molecule has 2 saturated heterocycles. The quantitative estimate of drug-likeness (QED) is 0.728. The summed E-state index contributed by atoms with van der Waals surface area (Å²) in [6.07, 6.45) is -0.910. The first-order chi connectivity index (χ1) is 14.9. The number of likely N-dealkylation sites (tertiary alicyclic amines) is 1. The number of ether oxygens (including phenoxy) is 2. The summed E-state index contributed by atoms with van der Waals surface area (Å²) < 4.78 is 11.6. The molecular formula is C24H26N2O5. The number of benzene rings is 2. The Morgan fingerprint density at radius 3 is 2.68 bits per heavy atom. The molecule has 5 rings (SSSR count). The van der Waals surface area contributed by atoms with Crippen LogP contribution >= 0.6 is 0 Å². The van der Waals surface area contributed by atoms with E-state index in [2.05, 4.69) is 5.32 Å². The Kier molecular flexibility index (Phi) is 4.39. The van der Waals surface area contributed by atoms with Crippen LogP contribution in [0.2, 0.25) is 0 Å². The third kappa shape index (κ3) is 2.53. The van der Waals surface area contributed by atoms with E-state index in [0.717, 1.165) is 5.56 Å². The van der Waals surface area contributed by atoms with E-state index in [-0.39, 0.29) is 25.6 Å². The second-order valence-corrected chi connectivity index (χ2v) is 8.75. The average molecular weight is 422 g/mol. The summed E-state index contributed by atoms with van der Waals surface area (Å²) >= 11 is 0. The monoisotopic (exact) mass is 422 g/mol. The van der Waals surface area contributed by atoms with Crippen LogP contribution in [0.1, 0.15) is 25.0 Å². The predicted octanol–water partition coefficient (Wildman–Crippen LogP) is 1.59. The number of rotatable bonds is 4. The fourth-order valence-corrected chi connectivity index (χ4v) is 5.47. The van der Waals surface area contributed by atoms with Crippen LogP contribution in [0.5, 0.6) is 5.75 Å². The Morgan fingerprint density at radius 2 is 1.94 bits per heavy atom. The molecular weight excluding hydrogens is 396 g/mol. The molecule has 0 bridgehead atoms. The van der Waals surface area contributed by atoms with Crippen molar-refractivity contribution in [1.82, 2.24) is 10.2 Å². The van der Waals surface area contributed by atoms with Crippen molar-refractivity contribution in [1.29, 1.82) is 0 Å². The number of hydrogen-bond acceptors (Lipinski definition) is 6. The van der Waals surface area contributed by atoms with E-state index >= 15 is 0 Å². The third-order valence-electron chi connectivity index (χ3n) is 7.03. The highest BCUT2D eigenvalue weighted by Gasteiger charge is 2.78. The molecule has 31 heavy (non-hydrogen) atoms. The molecule has 7 heteroatoms. The number of aliphatic hydroxyl groups is 1. The molecule has 0 saturated carbocycles. The highest BCUT2D eigenvalue weighted by molar-refractivity contribution is 5.93. The van der Waals surface area contributed by atoms with Crippen molar-refractivity contribution in [2.24, 2.45) is 5.41 Å². The molecule has 2 fully saturated rings. The Balaban J connectivity index is 1.64. The molecule has 2 aromatic carbocycles. The summed E-state index contributed by atoms with van der Waals surface area (Å²) in [5, 5.41) is 15.3. The van der Waals surface area contributed by atoms with Gasteiger partial charge >= 0.3 is 5.97 Å². The highest BCUT2D eigenvalue weighted by atomic mass is 16.5. The van der Waals surface area contributed by atoms with Crippen molar-refractivity contribution in [3.8, 4) is 5.75 Å². The van der Waals surface area contributed by atoms with Crippen LogP contribution in [0.15, 0.2) is 54.6 Å². The average Bonchev–Trinajstić information content (AvgIpc) is 3.20. The SMILES string of the molecule is CCOC(=O)[C@]1(C)NC[C@@]23C(=O)N(Cc4ccccc4)C[C@]2(O)c2ccccc2O[C@@H]13. The van der Waals surface area contributed by atoms with Crippen molar-refractivity contribution < 1.29 is 24.2 Å². The molecule has 162 valence electrons. The molecule has 7 nitrogen and oxygen atoms in total. The van der Waals surface area contributed by atoms with Crippen molar-refractivity contribution in [3.63, 3.8) is 0 Å². The normalized spacial score (nSPS) is 33.3. The van der Waals surface area contributed by atoms with Gasteiger partial charge in [0.25, 0.3) is 0 Å². The summed E-state index contributed by atoms with van der Waals surface area (Å²) in [4.78, 5) is 28.5. The molecule has 0 aromatic heterocycles. The van der Waals surface area contributed by atoms with Crippen LogP contribution in [-0.4, -0.2) is 53.2 Å². The number of amides is 1. The lowest BCUT2D eigenvalue weighted by Gasteiger charge is -2.47. The molecule has 2 aromatic rings. The summed E-state index contributed by atoms with van der Waals surface area (Å²) in [6, 6.07) is 16.9. The van der Waals surface area contributed by atoms with Gasteiger partial charge in [-0.25, -0.2) is 4.79 Å². The van der Waals surface area contributed by atoms with Crippen LogP contribution in [0.25, 0.3) is 0 Å². The standard InChI is InChI=1S/C24H26N2O5/c1-3-30-21(28)22(2)19-23(14-25-22)20(27)26(13-16-9-5-4-6-10-16)15-24(23,29)17-11-7-8-12-18(17)31-19/h4-12,19,25,29H,3,13-15H2,1-2H3/t19-,22+,23+,24-/m0/s1. The van der Waals surface area contributed by atoms with E-state index in [0.29, 0.717) is 17.9 Å². The van der Waals surface area contributed by atoms with Crippen LogP contribution in [0.3, 0.4) is 0 Å². The molecule has 3 aliphatic heterocycles. The van der Waals surface area contributed by atoms with Gasteiger partial charge in [-0.1, -0.05) is 48.5 Å². The van der Waals surface area contributed by atoms with E-state index in [1.165, 1.54) is 0 Å². The topological polar surface area (TPSA) is 88.1 Å². The van der Waals surface area contributed by atoms with Gasteiger partial charge in [-0.05, 0) is 25.5 Å². The van der Waals surface area contributed by atoms with Gasteiger partial charge in [0.15, 0.2) is 5.54 Å². The van der Waals surface area contributed by atoms with Crippen LogP contribution < -0.4 is 10.1 Å². The van der Waals surface area contributed by atoms with Gasteiger partial charge in [0, 0.05) is 18.7 Å². The maximum Gasteiger partial charge on any atom is 0.329 e. The number of hydrogen-bond donors (Lipinski definition) is 2. The first kappa shape index (κ1) is 20.0. The maximum absolute atomic E-state index is 13.9. The van der Waals surface area contributed by atoms with E-state index in [1.54, 1.807) is 30.9 Å². The highest BCUT2D eigenvalue weighted by Crippen LogP contribution is 2.60. The zero-order valence-electron chi connectivity index (χ0n) is 17.6. The van der Waals surface area contributed by atoms with Crippen molar-refractivity contribution in [2.75, 3.05) is 19.7 Å². The summed E-state index contributed by atoms with van der Waals surface area (Å²) in [6.45, 7) is 4.24. The number of para-hydroxylation sites is 1. The van der Waals surface area contributed by atoms with E-state index < -0.39 is 28.6 Å². The number of esters is 1. The minimum Gasteiger partial charge on any atom is -0.486 e. The molecule has 0 radical (unpaired) electrons. The lowest BCUT2D eigenvalue weighted by atomic mass is 9.63. The van der Waals surface area contributed by atoms with Crippen molar-refractivity contribution >= 4 is 11.9 Å². The zero-order valence-corrected chi connectivity index (χ0v) is 17.6. The molecule has 4 atom stereocenters. The lowest BCUT2D eigenvalue weighted by Crippen LogP contribution is -2.64. The Hall–Kier alpha value is -2.90. The number of carbonyl (C=O) groups is 2. The summed E-state index contributed by atoms with van der Waals surface area (Å²) in [5.41, 5.74) is -2.56. The van der Waals surface area contributed by atoms with E-state index in [4.69, 9.17) is 9.47 Å². The fourth-order valence-electron chi connectivity index (χ4n) is 5.47. The summed E-state index contributed by atoms with van der Waals surface area (Å²) in [5.74, 6) is -0.231. The van der Waals surface area contributed by atoms with Crippen LogP contribution in [0, 0.1) is 5.41 Å². The smallest absolute Gasteiger partial charge is 0.329 e. The van der Waals surface area contributed by atoms with Crippen LogP contribution in [-0.2, 0) is 26.5 Å². The molecule has 1 spiro atoms. The second kappa shape index (κ2) is 6.80. The number of fused-ring (bicyclic) bond motifs is 2. The second-order valence-electron chi connectivity index (χ2n) is 8.75. The van der Waals surface area contributed by atoms with Crippen molar-refractivity contribution in [2.45, 2.75) is 37.6 Å². The Morgan fingerprint density at radius 1 is 1.23 bits per heavy atom. The minimum atomic E-state index is -1.50. The maximum atomic E-state index is 13.9. The first-order valence-electron chi connectivity index (χ1n) is 10.6. The summed E-state index contributed by atoms with van der Waals surface area (Å²) in [7, 11) is 0. The Labute approximate surface area is 181 Å². The predicted molar refractivity (Wildman–Crippen MR) is 112 cm³/mol. The van der Waals surface area contributed by atoms with Gasteiger partial charge < -0.3 is 19.5 Å². The van der Waals surface area contributed by atoms with Crippen molar-refractivity contribution in [3.05, 3.63) is 65.7 Å². The number of carbonyl (C=O) groups excluding carboxylic acids is 2. The molecule has 3 aliphatic rings. The van der Waals surface area contributed by atoms with Gasteiger partial charge in [0.1, 0.15) is 22.9 Å². The minimum absolute atomic E-state index is 0.113. The number of nitrogens with one attached hydrogen (secondary N) is 1. The van der Waals surface area contributed by atoms with Gasteiger partial charge in [-0.2, -0.15) is 0 Å². The van der Waals surface area contributed by atoms with E-state index in [9.17, 15) is 14.7 Å². The number of nitrogens with zero attached hydrogens (tertiary/aromatic N) is 1. The molecule has 1 amide bonds. The van der Waals surface area contributed by atoms with Gasteiger partial charge in [0.05, 0.1) is 13.2 Å². The van der Waals surface area contributed by atoms with E-state index in [1.807, 2.05) is 42.5 Å². The Bertz CT molecular complexity index is 1040. The van der Waals surface area contributed by atoms with Gasteiger partial charge in [-0.3, -0.25) is 10.1 Å². The van der Waals surface area contributed by atoms with Gasteiger partial charge in [0.2, 0.25) is 5.91 Å².